The molecule has 3 heterocycles. The third-order valence-corrected chi connectivity index (χ3v) is 5.99. The molecule has 3 N–H and O–H groups in total. The van der Waals surface area contributed by atoms with Gasteiger partial charge in [0.15, 0.2) is 0 Å². The van der Waals surface area contributed by atoms with Crippen molar-refractivity contribution in [3.63, 3.8) is 0 Å². The summed E-state index contributed by atoms with van der Waals surface area (Å²) in [6.07, 6.45) is 7.60. The van der Waals surface area contributed by atoms with E-state index in [0.29, 0.717) is 13.0 Å². The molecule has 3 atom stereocenters. The summed E-state index contributed by atoms with van der Waals surface area (Å²) in [5.74, 6) is 1.74. The Morgan fingerprint density at radius 2 is 1.86 bits per heavy atom. The SMILES string of the molecule is CN(c1nccc(N2CCCCCC2)n1)C1CCCN1CC[C@H](O)[C@H](O)CO. The van der Waals surface area contributed by atoms with Crippen molar-refractivity contribution < 1.29 is 15.3 Å². The summed E-state index contributed by atoms with van der Waals surface area (Å²) in [4.78, 5) is 16.2. The minimum atomic E-state index is -1.08. The Balaban J connectivity index is 1.63. The van der Waals surface area contributed by atoms with Crippen LogP contribution in [0.2, 0.25) is 0 Å². The largest absolute Gasteiger partial charge is 0.394 e. The average molecular weight is 394 g/mol. The van der Waals surface area contributed by atoms with Crippen LogP contribution < -0.4 is 9.80 Å². The minimum absolute atomic E-state index is 0.179. The van der Waals surface area contributed by atoms with Crippen LogP contribution in [0.4, 0.5) is 11.8 Å². The molecule has 0 radical (unpaired) electrons. The molecular formula is C20H35N5O3. The van der Waals surface area contributed by atoms with Gasteiger partial charge in [0.1, 0.15) is 11.9 Å². The van der Waals surface area contributed by atoms with Gasteiger partial charge < -0.3 is 25.1 Å². The predicted octanol–water partition coefficient (Wildman–Crippen LogP) is 0.819. The normalized spacial score (nSPS) is 23.4. The molecule has 0 aromatic carbocycles. The van der Waals surface area contributed by atoms with Crippen molar-refractivity contribution >= 4 is 11.8 Å². The second-order valence-electron chi connectivity index (χ2n) is 7.99. The Morgan fingerprint density at radius 3 is 2.57 bits per heavy atom. The molecule has 2 saturated heterocycles. The fourth-order valence-corrected chi connectivity index (χ4v) is 4.24. The van der Waals surface area contributed by atoms with Crippen molar-refractivity contribution in [2.75, 3.05) is 49.6 Å². The Bertz CT molecular complexity index is 597. The van der Waals surface area contributed by atoms with Crippen LogP contribution in [0.1, 0.15) is 44.9 Å². The van der Waals surface area contributed by atoms with Crippen molar-refractivity contribution in [2.45, 2.75) is 63.3 Å². The van der Waals surface area contributed by atoms with E-state index in [-0.39, 0.29) is 6.17 Å². The van der Waals surface area contributed by atoms with E-state index in [9.17, 15) is 10.2 Å². The first kappa shape index (κ1) is 21.2. The lowest BCUT2D eigenvalue weighted by Crippen LogP contribution is -2.45. The third-order valence-electron chi connectivity index (χ3n) is 5.99. The summed E-state index contributed by atoms with van der Waals surface area (Å²) in [5, 5.41) is 28.5. The lowest BCUT2D eigenvalue weighted by molar-refractivity contribution is -0.0217. The maximum atomic E-state index is 9.94. The van der Waals surface area contributed by atoms with Crippen LogP contribution >= 0.6 is 0 Å². The third kappa shape index (κ3) is 5.31. The van der Waals surface area contributed by atoms with E-state index in [2.05, 4.69) is 19.7 Å². The summed E-state index contributed by atoms with van der Waals surface area (Å²) in [6.45, 7) is 3.31. The summed E-state index contributed by atoms with van der Waals surface area (Å²) < 4.78 is 0. The zero-order chi connectivity index (χ0) is 19.9. The van der Waals surface area contributed by atoms with E-state index >= 15 is 0 Å². The molecule has 3 rings (SSSR count). The first-order valence-corrected chi connectivity index (χ1v) is 10.6. The molecule has 8 nitrogen and oxygen atoms in total. The highest BCUT2D eigenvalue weighted by molar-refractivity contribution is 5.44. The standard InChI is InChI=1S/C20H35N5O3/c1-23(19-7-6-13-25(19)14-9-16(27)17(28)15-26)20-21-10-8-18(22-20)24-11-4-2-3-5-12-24/h8,10,16-17,19,26-28H,2-7,9,11-15H2,1H3/t16-,17+,19?/m0/s1. The fourth-order valence-electron chi connectivity index (χ4n) is 4.24. The molecule has 0 aliphatic carbocycles. The van der Waals surface area contributed by atoms with E-state index < -0.39 is 18.8 Å². The monoisotopic (exact) mass is 393 g/mol. The highest BCUT2D eigenvalue weighted by Gasteiger charge is 2.30. The number of aliphatic hydroxyl groups excluding tert-OH is 3. The van der Waals surface area contributed by atoms with Crippen molar-refractivity contribution in [3.8, 4) is 0 Å². The maximum absolute atomic E-state index is 9.94. The van der Waals surface area contributed by atoms with Gasteiger partial charge in [0.2, 0.25) is 5.95 Å². The molecule has 158 valence electrons. The van der Waals surface area contributed by atoms with Crippen LogP contribution in [0, 0.1) is 0 Å². The highest BCUT2D eigenvalue weighted by Crippen LogP contribution is 2.25. The molecule has 1 unspecified atom stereocenters. The molecule has 1 aromatic rings. The quantitative estimate of drug-likeness (QED) is 0.597. The van der Waals surface area contributed by atoms with Crippen molar-refractivity contribution in [3.05, 3.63) is 12.3 Å². The molecule has 0 saturated carbocycles. The maximum Gasteiger partial charge on any atom is 0.228 e. The van der Waals surface area contributed by atoms with Crippen molar-refractivity contribution in [1.29, 1.82) is 0 Å². The molecule has 8 heteroatoms. The second kappa shape index (κ2) is 10.3. The molecule has 0 spiro atoms. The van der Waals surface area contributed by atoms with E-state index in [1.54, 1.807) is 0 Å². The molecule has 0 amide bonds. The van der Waals surface area contributed by atoms with Crippen LogP contribution in [0.25, 0.3) is 0 Å². The molecule has 1 aromatic heterocycles. The molecule has 0 bridgehead atoms. The van der Waals surface area contributed by atoms with E-state index in [1.807, 2.05) is 19.3 Å². The highest BCUT2D eigenvalue weighted by atomic mass is 16.4. The van der Waals surface area contributed by atoms with Crippen LogP contribution in [0.3, 0.4) is 0 Å². The van der Waals surface area contributed by atoms with Crippen LogP contribution in [0.5, 0.6) is 0 Å². The lowest BCUT2D eigenvalue weighted by atomic mass is 10.1. The molecule has 2 aliphatic heterocycles. The van der Waals surface area contributed by atoms with Gasteiger partial charge in [-0.15, -0.1) is 0 Å². The number of likely N-dealkylation sites (tertiary alicyclic amines) is 1. The van der Waals surface area contributed by atoms with E-state index in [4.69, 9.17) is 10.1 Å². The van der Waals surface area contributed by atoms with Gasteiger partial charge in [0, 0.05) is 39.4 Å². The molecule has 2 aliphatic rings. The number of rotatable bonds is 8. The Morgan fingerprint density at radius 1 is 1.11 bits per heavy atom. The first-order valence-electron chi connectivity index (χ1n) is 10.6. The average Bonchev–Trinajstić information content (AvgIpc) is 3.03. The van der Waals surface area contributed by atoms with E-state index in [0.717, 1.165) is 44.2 Å². The number of nitrogens with zero attached hydrogens (tertiary/aromatic N) is 5. The second-order valence-corrected chi connectivity index (χ2v) is 7.99. The molecule has 2 fully saturated rings. The number of aliphatic hydroxyl groups is 3. The summed E-state index contributed by atoms with van der Waals surface area (Å²) in [6, 6.07) is 2.00. The van der Waals surface area contributed by atoms with Crippen molar-refractivity contribution in [2.24, 2.45) is 0 Å². The summed E-state index contributed by atoms with van der Waals surface area (Å²) in [7, 11) is 2.03. The lowest BCUT2D eigenvalue weighted by Gasteiger charge is -2.33. The number of anilines is 2. The van der Waals surface area contributed by atoms with Crippen LogP contribution in [0.15, 0.2) is 12.3 Å². The Hall–Kier alpha value is -1.48. The van der Waals surface area contributed by atoms with Gasteiger partial charge in [-0.3, -0.25) is 4.90 Å². The van der Waals surface area contributed by atoms with Crippen LogP contribution in [-0.2, 0) is 0 Å². The van der Waals surface area contributed by atoms with Gasteiger partial charge >= 0.3 is 0 Å². The van der Waals surface area contributed by atoms with Gasteiger partial charge in [-0.25, -0.2) is 4.98 Å². The fraction of sp³-hybridized carbons (Fsp3) is 0.800. The number of aromatic nitrogens is 2. The summed E-state index contributed by atoms with van der Waals surface area (Å²) in [5.41, 5.74) is 0. The van der Waals surface area contributed by atoms with Gasteiger partial charge in [-0.05, 0) is 38.2 Å². The Kier molecular flexibility index (Phi) is 7.84. The van der Waals surface area contributed by atoms with Crippen LogP contribution in [-0.4, -0.2) is 88.4 Å². The topological polar surface area (TPSA) is 96.2 Å². The predicted molar refractivity (Wildman–Crippen MR) is 109 cm³/mol. The van der Waals surface area contributed by atoms with E-state index in [1.165, 1.54) is 25.7 Å². The van der Waals surface area contributed by atoms with Gasteiger partial charge in [0.05, 0.1) is 18.9 Å². The van der Waals surface area contributed by atoms with Gasteiger partial charge in [-0.2, -0.15) is 4.98 Å². The number of hydrogen-bond acceptors (Lipinski definition) is 8. The molecular weight excluding hydrogens is 358 g/mol. The summed E-state index contributed by atoms with van der Waals surface area (Å²) >= 11 is 0. The zero-order valence-electron chi connectivity index (χ0n) is 16.9. The first-order chi connectivity index (χ1) is 13.6. The van der Waals surface area contributed by atoms with Gasteiger partial charge in [-0.1, -0.05) is 12.8 Å². The molecule has 28 heavy (non-hydrogen) atoms. The Labute approximate surface area is 167 Å². The van der Waals surface area contributed by atoms with Gasteiger partial charge in [0.25, 0.3) is 0 Å². The minimum Gasteiger partial charge on any atom is -0.394 e. The zero-order valence-corrected chi connectivity index (χ0v) is 16.9. The number of hydrogen-bond donors (Lipinski definition) is 3. The van der Waals surface area contributed by atoms with Crippen molar-refractivity contribution in [1.82, 2.24) is 14.9 Å². The smallest absolute Gasteiger partial charge is 0.228 e.